The van der Waals surface area contributed by atoms with E-state index in [0.29, 0.717) is 0 Å². The Kier molecular flexibility index (Phi) is 13.2. The Morgan fingerprint density at radius 2 is 1.59 bits per heavy atom. The molecule has 132 valence electrons. The van der Waals surface area contributed by atoms with E-state index in [0.717, 1.165) is 72.2 Å². The molecule has 3 N–H and O–H groups in total. The van der Waals surface area contributed by atoms with Crippen molar-refractivity contribution in [1.29, 1.82) is 0 Å². The molecule has 3 aliphatic rings. The zero-order chi connectivity index (χ0) is 14.0. The van der Waals surface area contributed by atoms with Crippen LogP contribution < -0.4 is 16.0 Å². The highest BCUT2D eigenvalue weighted by molar-refractivity contribution is 5.85. The maximum atomic E-state index is 11.4. The van der Waals surface area contributed by atoms with Crippen LogP contribution in [0.5, 0.6) is 0 Å². The van der Waals surface area contributed by atoms with E-state index in [1.54, 1.807) is 0 Å². The Bertz CT molecular complexity index is 279. The number of hydrogen-bond acceptors (Lipinski definition) is 6. The summed E-state index contributed by atoms with van der Waals surface area (Å²) in [6.07, 6.45) is 0. The van der Waals surface area contributed by atoms with Crippen molar-refractivity contribution in [2.75, 3.05) is 72.2 Å². The zero-order valence-electron chi connectivity index (χ0n) is 12.8. The fourth-order valence-corrected chi connectivity index (χ4v) is 2.35. The van der Waals surface area contributed by atoms with E-state index in [9.17, 15) is 4.79 Å². The van der Waals surface area contributed by atoms with Crippen LogP contribution in [0.4, 0.5) is 0 Å². The average molecular weight is 359 g/mol. The van der Waals surface area contributed by atoms with E-state index in [1.807, 2.05) is 0 Å². The minimum atomic E-state index is -0.0400. The van der Waals surface area contributed by atoms with Crippen LogP contribution in [-0.4, -0.2) is 89.1 Å². The SMILES string of the molecule is C1COCCN1.Cl.Cl.O=C1NCCNC1CN1CCOCC1. The fourth-order valence-electron chi connectivity index (χ4n) is 2.35. The lowest BCUT2D eigenvalue weighted by Crippen LogP contribution is -2.58. The Morgan fingerprint density at radius 3 is 2.09 bits per heavy atom. The van der Waals surface area contributed by atoms with Gasteiger partial charge >= 0.3 is 0 Å². The third-order valence-electron chi connectivity index (χ3n) is 3.52. The van der Waals surface area contributed by atoms with Crippen LogP contribution in [0.2, 0.25) is 0 Å². The first kappa shape index (κ1) is 21.9. The Labute approximate surface area is 144 Å². The van der Waals surface area contributed by atoms with Gasteiger partial charge in [0.15, 0.2) is 0 Å². The van der Waals surface area contributed by atoms with E-state index in [2.05, 4.69) is 20.9 Å². The molecule has 0 saturated carbocycles. The van der Waals surface area contributed by atoms with Crippen molar-refractivity contribution in [3.63, 3.8) is 0 Å². The van der Waals surface area contributed by atoms with Crippen LogP contribution in [0.15, 0.2) is 0 Å². The maximum Gasteiger partial charge on any atom is 0.238 e. The van der Waals surface area contributed by atoms with Crippen molar-refractivity contribution < 1.29 is 14.3 Å². The van der Waals surface area contributed by atoms with Gasteiger partial charge in [0, 0.05) is 45.8 Å². The van der Waals surface area contributed by atoms with Gasteiger partial charge in [0.05, 0.1) is 32.5 Å². The smallest absolute Gasteiger partial charge is 0.238 e. The zero-order valence-corrected chi connectivity index (χ0v) is 14.5. The Hall–Kier alpha value is -0.150. The summed E-state index contributed by atoms with van der Waals surface area (Å²) in [6, 6.07) is -0.0400. The average Bonchev–Trinajstić information content (AvgIpc) is 2.53. The van der Waals surface area contributed by atoms with Gasteiger partial charge in [-0.15, -0.1) is 24.8 Å². The first-order valence-electron chi connectivity index (χ1n) is 7.46. The van der Waals surface area contributed by atoms with Gasteiger partial charge in [-0.05, 0) is 0 Å². The van der Waals surface area contributed by atoms with Gasteiger partial charge in [0.2, 0.25) is 5.91 Å². The van der Waals surface area contributed by atoms with Gasteiger partial charge in [0.25, 0.3) is 0 Å². The predicted molar refractivity (Wildman–Crippen MR) is 90.2 cm³/mol. The van der Waals surface area contributed by atoms with E-state index in [1.165, 1.54) is 0 Å². The third-order valence-corrected chi connectivity index (χ3v) is 3.52. The summed E-state index contributed by atoms with van der Waals surface area (Å²) in [5.74, 6) is 0.128. The molecule has 0 aromatic rings. The van der Waals surface area contributed by atoms with E-state index >= 15 is 0 Å². The number of carbonyl (C=O) groups excluding carboxylic acids is 1. The van der Waals surface area contributed by atoms with Gasteiger partial charge < -0.3 is 25.4 Å². The lowest BCUT2D eigenvalue weighted by atomic mass is 10.2. The summed E-state index contributed by atoms with van der Waals surface area (Å²) < 4.78 is 10.3. The van der Waals surface area contributed by atoms with Crippen molar-refractivity contribution in [2.45, 2.75) is 6.04 Å². The van der Waals surface area contributed by atoms with Gasteiger partial charge in [-0.1, -0.05) is 0 Å². The van der Waals surface area contributed by atoms with Gasteiger partial charge in [-0.25, -0.2) is 0 Å². The van der Waals surface area contributed by atoms with Gasteiger partial charge in [0.1, 0.15) is 0 Å². The van der Waals surface area contributed by atoms with Crippen LogP contribution in [0.1, 0.15) is 0 Å². The summed E-state index contributed by atoms with van der Waals surface area (Å²) in [7, 11) is 0. The minimum Gasteiger partial charge on any atom is -0.379 e. The molecule has 7 nitrogen and oxygen atoms in total. The van der Waals surface area contributed by atoms with Crippen LogP contribution in [0, 0.1) is 0 Å². The highest BCUT2D eigenvalue weighted by Crippen LogP contribution is 2.00. The van der Waals surface area contributed by atoms with Gasteiger partial charge in [-0.3, -0.25) is 9.69 Å². The Morgan fingerprint density at radius 1 is 0.955 bits per heavy atom. The highest BCUT2D eigenvalue weighted by atomic mass is 35.5. The molecule has 0 spiro atoms. The molecule has 3 heterocycles. The minimum absolute atomic E-state index is 0. The summed E-state index contributed by atoms with van der Waals surface area (Å²) in [5.41, 5.74) is 0. The van der Waals surface area contributed by atoms with Crippen molar-refractivity contribution in [2.24, 2.45) is 0 Å². The number of halogens is 2. The fraction of sp³-hybridized carbons (Fsp3) is 0.923. The number of piperazine rings is 1. The summed E-state index contributed by atoms with van der Waals surface area (Å²) >= 11 is 0. The first-order chi connectivity index (χ1) is 9.86. The maximum absolute atomic E-state index is 11.4. The number of hydrogen-bond donors (Lipinski definition) is 3. The number of carbonyl (C=O) groups is 1. The number of nitrogens with zero attached hydrogens (tertiary/aromatic N) is 1. The molecule has 0 aromatic heterocycles. The van der Waals surface area contributed by atoms with Crippen molar-refractivity contribution in [1.82, 2.24) is 20.9 Å². The quantitative estimate of drug-likeness (QED) is 0.579. The van der Waals surface area contributed by atoms with Crippen molar-refractivity contribution >= 4 is 30.7 Å². The number of amides is 1. The summed E-state index contributed by atoms with van der Waals surface area (Å²) in [6.45, 7) is 9.70. The summed E-state index contributed by atoms with van der Waals surface area (Å²) in [4.78, 5) is 13.7. The molecule has 9 heteroatoms. The molecule has 0 aromatic carbocycles. The highest BCUT2D eigenvalue weighted by Gasteiger charge is 2.24. The molecule has 1 unspecified atom stereocenters. The largest absolute Gasteiger partial charge is 0.379 e. The lowest BCUT2D eigenvalue weighted by molar-refractivity contribution is -0.125. The van der Waals surface area contributed by atoms with E-state index in [-0.39, 0.29) is 36.8 Å². The monoisotopic (exact) mass is 358 g/mol. The second-order valence-electron chi connectivity index (χ2n) is 5.07. The molecule has 0 aliphatic carbocycles. The summed E-state index contributed by atoms with van der Waals surface area (Å²) in [5, 5.41) is 9.24. The lowest BCUT2D eigenvalue weighted by Gasteiger charge is -2.32. The number of rotatable bonds is 2. The second kappa shape index (κ2) is 13.3. The molecule has 3 saturated heterocycles. The molecule has 0 bridgehead atoms. The number of morpholine rings is 2. The molecular formula is C13H28Cl2N4O3. The van der Waals surface area contributed by atoms with Crippen molar-refractivity contribution in [3.8, 4) is 0 Å². The van der Waals surface area contributed by atoms with Gasteiger partial charge in [-0.2, -0.15) is 0 Å². The van der Waals surface area contributed by atoms with Crippen LogP contribution in [0.3, 0.4) is 0 Å². The standard InChI is InChI=1S/C9H17N3O2.C4H9NO.2ClH/c13-9-8(10-1-2-11-9)7-12-3-5-14-6-4-12;1-3-6-4-2-5-1;;/h8,10H,1-7H2,(H,11,13);5H,1-4H2;2*1H. The molecule has 3 fully saturated rings. The molecule has 0 radical (unpaired) electrons. The second-order valence-corrected chi connectivity index (χ2v) is 5.07. The van der Waals surface area contributed by atoms with Crippen LogP contribution >= 0.6 is 24.8 Å². The first-order valence-corrected chi connectivity index (χ1v) is 7.46. The Balaban J connectivity index is 0.000000472. The number of ether oxygens (including phenoxy) is 2. The topological polar surface area (TPSA) is 74.9 Å². The van der Waals surface area contributed by atoms with E-state index < -0.39 is 0 Å². The third kappa shape index (κ3) is 8.47. The molecule has 1 amide bonds. The van der Waals surface area contributed by atoms with E-state index in [4.69, 9.17) is 9.47 Å². The molecule has 22 heavy (non-hydrogen) atoms. The van der Waals surface area contributed by atoms with Crippen LogP contribution in [0.25, 0.3) is 0 Å². The van der Waals surface area contributed by atoms with Crippen LogP contribution in [-0.2, 0) is 14.3 Å². The molecular weight excluding hydrogens is 331 g/mol. The normalized spacial score (nSPS) is 25.6. The molecule has 3 rings (SSSR count). The predicted octanol–water partition coefficient (Wildman–Crippen LogP) is -1.14. The van der Waals surface area contributed by atoms with Crippen molar-refractivity contribution in [3.05, 3.63) is 0 Å². The molecule has 3 aliphatic heterocycles. The number of nitrogens with one attached hydrogen (secondary N) is 3. The molecule has 1 atom stereocenters.